The molecule has 0 saturated carbocycles. The molecule has 0 radical (unpaired) electrons. The number of primary amides is 1. The Kier molecular flexibility index (Phi) is 58.3. The van der Waals surface area contributed by atoms with Crippen molar-refractivity contribution < 1.29 is 217 Å². The number of aliphatic hydroxyl groups is 2. The molecule has 33 N–H and O–H groups in total. The number of phenolic OH excluding ortho intramolecular Hbond substituents is 1. The summed E-state index contributed by atoms with van der Waals surface area (Å²) < 4.78 is 132. The highest BCUT2D eigenvalue weighted by Gasteiger charge is 2.40. The van der Waals surface area contributed by atoms with Crippen LogP contribution in [-0.2, 0) is 109 Å². The number of hydrogen-bond acceptors (Lipinski definition) is 29. The Bertz CT molecular complexity index is 4870. The zero-order valence-electron chi connectivity index (χ0n) is 81.2. The molecule has 4 rings (SSSR count). The van der Waals surface area contributed by atoms with E-state index in [2.05, 4.69) is 108 Å². The summed E-state index contributed by atoms with van der Waals surface area (Å²) in [5.41, 5.74) is 26.1. The van der Waals surface area contributed by atoms with Crippen LogP contribution in [0.25, 0.3) is 0 Å². The second-order valence-corrected chi connectivity index (χ2v) is 33.3. The number of carboxylic acids is 4. The molecule has 148 heavy (non-hydrogen) atoms. The van der Waals surface area contributed by atoms with Gasteiger partial charge in [-0.05, 0) is 132 Å². The first-order valence-electron chi connectivity index (χ1n) is 44.8. The third-order valence-electron chi connectivity index (χ3n) is 20.3. The average Bonchev–Trinajstić information content (AvgIpc) is 0.830. The number of alkyl halides is 12. The maximum atomic E-state index is 14.4. The van der Waals surface area contributed by atoms with Crippen molar-refractivity contribution in [2.75, 3.05) is 38.6 Å². The van der Waals surface area contributed by atoms with E-state index in [-0.39, 0.29) is 93.6 Å². The molecule has 1 aliphatic heterocycles. The largest absolute Gasteiger partial charge is 0.542 e. The highest BCUT2D eigenvalue weighted by atomic mass is 19.4. The molecule has 1 aliphatic rings. The van der Waals surface area contributed by atoms with Crippen LogP contribution in [0.2, 0.25) is 0 Å². The molecular formula is C86H123F12N21O29. The molecule has 0 fully saturated rings. The number of carbonyl (C=O) groups is 21. The number of nitrogens with one attached hydrogen (secondary N) is 16. The molecule has 0 unspecified atom stereocenters. The topological polar surface area (TPSA) is 850 Å². The number of hydrogen-bond donors (Lipinski definition) is 24. The number of benzene rings is 3. The minimum Gasteiger partial charge on any atom is -0.542 e. The first-order valence-corrected chi connectivity index (χ1v) is 44.8. The summed E-state index contributed by atoms with van der Waals surface area (Å²) in [7, 11) is 1.22. The van der Waals surface area contributed by atoms with Crippen LogP contribution in [-0.4, -0.2) is 288 Å². The van der Waals surface area contributed by atoms with E-state index in [9.17, 15) is 150 Å². The van der Waals surface area contributed by atoms with Gasteiger partial charge >= 0.3 is 36.5 Å². The van der Waals surface area contributed by atoms with Gasteiger partial charge in [-0.25, -0.2) is 0 Å². The zero-order chi connectivity index (χ0) is 114. The molecule has 50 nitrogen and oxygen atoms in total. The minimum absolute atomic E-state index is 0.00595. The molecule has 15 atom stereocenters. The number of rotatable bonds is 19. The van der Waals surface area contributed by atoms with E-state index in [1.165, 1.54) is 71.2 Å². The number of fused-ring (bicyclic) bond motifs is 2. The van der Waals surface area contributed by atoms with Gasteiger partial charge in [0.25, 0.3) is 23.6 Å². The van der Waals surface area contributed by atoms with Gasteiger partial charge in [-0.3, -0.25) is 92.4 Å². The summed E-state index contributed by atoms with van der Waals surface area (Å²) in [6.07, 6.45) is -23.3. The lowest BCUT2D eigenvalue weighted by atomic mass is 10.00. The number of ether oxygens (including phenoxy) is 1. The SMILES string of the molecule is COc1ccc2cc1C(=O)NNC(=O)[C@H](Cc1ccccc1)NC(=O)[C@H](C(C)C)NC(=O)[C@@H]([NH3+])CCCNC(=O)[C@H]([C@@H](C)O)NC(=O)[C@H](CCCC[NH3+])NC(=O)[C@H](CC(N)=O)NC(=O)[C@H](C)NC(=O)[C@H](C(C)C)NC(=O)[C@H](C)NC(=O)[C@H]([C@@H](C)O)NC(=O)[C@@H]([NH3+])CCCNC(=O)[C@H](CCCC[NH3+])NC(=O)[C@H](Cc1ccc(O)cc1)NC(=O)C(=O)N2.O=C([O-])C(F)(F)F.O=C([O-])C(F)(F)F.O=C([O-])C(F)(F)F.O=C([O-])C(F)(F)F. The van der Waals surface area contributed by atoms with E-state index in [4.69, 9.17) is 50.1 Å². The van der Waals surface area contributed by atoms with E-state index >= 15 is 0 Å². The Labute approximate surface area is 835 Å². The van der Waals surface area contributed by atoms with Gasteiger partial charge in [-0.1, -0.05) is 70.2 Å². The fourth-order valence-electron chi connectivity index (χ4n) is 12.2. The van der Waals surface area contributed by atoms with Crippen LogP contribution in [0.15, 0.2) is 72.8 Å². The van der Waals surface area contributed by atoms with Crippen molar-refractivity contribution in [2.24, 2.45) is 17.6 Å². The molecule has 1 heterocycles. The number of unbranched alkanes of at least 4 members (excludes halogenated alkanes) is 2. The lowest BCUT2D eigenvalue weighted by molar-refractivity contribution is -0.405. The number of aliphatic carboxylic acids is 4. The standard InChI is InChI=1S/C78H119N21O21.4C2HF3O2/c1-39(2)59-74(115)86-41(5)63(104)91-56(38-58(83)103)71(112)90-53(24-14-16-32-80)69(110)97-61(43(7)100)73(114)85-34-18-22-50(81)66(107)95-60(40(3)4)75(116)92-55(35-45-19-11-10-12-20-45)72(113)99-98-65(106)49-37-47(27-30-57(49)120-9)88-77(118)78(119)93-54(36-46-25-28-48(102)29-26-46)70(111)89-52(23-13-15-31-79)68(109)84-33-17-21-51(82)67(108)96-62(44(8)101)76(117)87-42(6)64(105)94-59;4*3-2(4,5)1(6)7/h10-12,19-20,25-30,37,39-44,50-56,59-62,100-102H,13-18,21-24,31-36,38,79-82H2,1-9H3,(H2,83,103)(H,84,109)(H,85,114)(H,86,115)(H,87,117)(H,88,118)(H,89,111)(H,90,112)(H,91,104)(H,92,116)(H,93,119)(H,94,105)(H,95,107)(H,96,108)(H,97,110)(H,98,106)(H,99,113);4*(H,6,7)/t41-,42-,43+,44+,50-,51-,52-,53-,54-,55-,56-,59-,60-,61-,62-;;;;/m0..../s1. The molecule has 17 amide bonds. The molecule has 3 aromatic carbocycles. The number of amides is 17. The predicted molar refractivity (Wildman–Crippen MR) is 474 cm³/mol. The van der Waals surface area contributed by atoms with E-state index in [1.807, 2.05) is 0 Å². The predicted octanol–water partition coefficient (Wildman–Crippen LogP) is -12.0. The van der Waals surface area contributed by atoms with Gasteiger partial charge in [0.05, 0.1) is 44.4 Å². The van der Waals surface area contributed by atoms with E-state index in [0.29, 0.717) is 43.5 Å². The molecule has 0 saturated heterocycles. The summed E-state index contributed by atoms with van der Waals surface area (Å²) in [5.74, 6) is -30.1. The van der Waals surface area contributed by atoms with Crippen molar-refractivity contribution in [2.45, 2.75) is 254 Å². The number of methoxy groups -OCH3 is 1. The van der Waals surface area contributed by atoms with Gasteiger partial charge in [0.15, 0.2) is 12.1 Å². The third-order valence-corrected chi connectivity index (χ3v) is 20.3. The second-order valence-electron chi connectivity index (χ2n) is 33.3. The summed E-state index contributed by atoms with van der Waals surface area (Å²) in [6, 6.07) is -0.893. The lowest BCUT2D eigenvalue weighted by Crippen LogP contribution is -2.70. The quantitative estimate of drug-likeness (QED) is 0.0301. The maximum absolute atomic E-state index is 14.4. The number of nitrogens with two attached hydrogens (primary N) is 1. The van der Waals surface area contributed by atoms with Crippen molar-refractivity contribution in [1.29, 1.82) is 0 Å². The smallest absolute Gasteiger partial charge is 0.430 e. The van der Waals surface area contributed by atoms with Crippen molar-refractivity contribution in [3.63, 3.8) is 0 Å². The Morgan fingerprint density at radius 3 is 1.18 bits per heavy atom. The fraction of sp³-hybridized carbons (Fsp3) is 0.547. The number of phenols is 1. The number of aliphatic hydroxyl groups excluding tert-OH is 2. The Morgan fingerprint density at radius 2 is 0.764 bits per heavy atom. The first kappa shape index (κ1) is 133. The number of aromatic hydroxyl groups is 1. The minimum atomic E-state index is -5.19. The number of anilines is 1. The summed E-state index contributed by atoms with van der Waals surface area (Å²) in [5, 5.41) is 102. The second kappa shape index (κ2) is 64.8. The molecule has 0 spiro atoms. The monoisotopic (exact) mass is 2140 g/mol. The first-order chi connectivity index (χ1) is 68.5. The van der Waals surface area contributed by atoms with E-state index in [1.54, 1.807) is 58.0 Å². The van der Waals surface area contributed by atoms with E-state index < -0.39 is 258 Å². The molecule has 0 aromatic heterocycles. The van der Waals surface area contributed by atoms with Crippen LogP contribution >= 0.6 is 0 Å². The van der Waals surface area contributed by atoms with Gasteiger partial charge in [-0.2, -0.15) is 52.7 Å². The number of carboxylic acid groups (broad SMARTS) is 4. The molecular weight excluding hydrogens is 2020 g/mol. The van der Waals surface area contributed by atoms with Crippen LogP contribution in [0.4, 0.5) is 58.4 Å². The van der Waals surface area contributed by atoms with Gasteiger partial charge < -0.3 is 163 Å². The van der Waals surface area contributed by atoms with Crippen molar-refractivity contribution in [3.8, 4) is 11.5 Å². The molecule has 0 aliphatic carbocycles. The summed E-state index contributed by atoms with van der Waals surface area (Å²) in [4.78, 5) is 270. The number of carbonyl (C=O) groups excluding carboxylic acids is 21. The van der Waals surface area contributed by atoms with Crippen LogP contribution in [0, 0.1) is 11.8 Å². The Balaban J connectivity index is 0.00000671. The average molecular weight is 2140 g/mol. The van der Waals surface area contributed by atoms with Crippen molar-refractivity contribution in [1.82, 2.24) is 80.0 Å². The van der Waals surface area contributed by atoms with E-state index in [0.717, 1.165) is 6.07 Å². The Morgan fingerprint density at radius 1 is 0.412 bits per heavy atom. The maximum Gasteiger partial charge on any atom is 0.430 e. The summed E-state index contributed by atoms with van der Waals surface area (Å²) in [6.45, 7) is 11.9. The molecule has 2 bridgehead atoms. The van der Waals surface area contributed by atoms with Crippen LogP contribution in [0.5, 0.6) is 11.5 Å². The molecule has 62 heteroatoms. The molecule has 830 valence electrons. The normalized spacial score (nSPS) is 22.3. The third kappa shape index (κ3) is 51.7. The number of hydrazine groups is 1. The zero-order valence-corrected chi connectivity index (χ0v) is 81.2. The van der Waals surface area contributed by atoms with Crippen molar-refractivity contribution in [3.05, 3.63) is 89.5 Å². The van der Waals surface area contributed by atoms with Gasteiger partial charge in [0, 0.05) is 44.5 Å². The highest BCUT2D eigenvalue weighted by molar-refractivity contribution is 6.40. The van der Waals surface area contributed by atoms with Crippen molar-refractivity contribution >= 4 is 130 Å². The van der Waals surface area contributed by atoms with Gasteiger partial charge in [-0.15, -0.1) is 0 Å². The van der Waals surface area contributed by atoms with Gasteiger partial charge in [0.2, 0.25) is 65.0 Å². The Hall–Kier alpha value is -15.0. The number of halogens is 12. The van der Waals surface area contributed by atoms with Crippen LogP contribution in [0.1, 0.15) is 148 Å². The highest BCUT2D eigenvalue weighted by Crippen LogP contribution is 2.24. The fourth-order valence-corrected chi connectivity index (χ4v) is 12.2. The van der Waals surface area contributed by atoms with Crippen LogP contribution in [0.3, 0.4) is 0 Å². The number of quaternary nitrogens is 4. The molecule has 3 aromatic rings. The van der Waals surface area contributed by atoms with Crippen LogP contribution < -0.4 is 139 Å². The lowest BCUT2D eigenvalue weighted by Gasteiger charge is -2.28. The van der Waals surface area contributed by atoms with Gasteiger partial charge in [0.1, 0.15) is 102 Å². The summed E-state index contributed by atoms with van der Waals surface area (Å²) >= 11 is 0.